The monoisotopic (exact) mass is 496 g/mol. The molecule has 0 bridgehead atoms. The van der Waals surface area contributed by atoms with E-state index >= 15 is 0 Å². The third-order valence-electron chi connectivity index (χ3n) is 6.11. The molecule has 0 aliphatic carbocycles. The Labute approximate surface area is 203 Å². The van der Waals surface area contributed by atoms with Crippen molar-refractivity contribution < 1.29 is 27.5 Å². The number of benzene rings is 2. The van der Waals surface area contributed by atoms with E-state index in [9.17, 15) is 22.8 Å². The zero-order valence-electron chi connectivity index (χ0n) is 18.7. The number of carbonyl (C=O) groups excluding carboxylic acids is 2. The predicted molar refractivity (Wildman–Crippen MR) is 126 cm³/mol. The number of amides is 1. The molecule has 0 aromatic heterocycles. The minimum atomic E-state index is -4.71. The highest BCUT2D eigenvalue weighted by molar-refractivity contribution is 6.05. The number of hydrogen-bond donors (Lipinski definition) is 1. The summed E-state index contributed by atoms with van der Waals surface area (Å²) in [6.07, 6.45) is -0.152. The minimum absolute atomic E-state index is 0. The number of unbranched alkanes of at least 4 members (excludes halogenated alkanes) is 1. The van der Waals surface area contributed by atoms with Crippen LogP contribution in [0.15, 0.2) is 36.4 Å². The van der Waals surface area contributed by atoms with Crippen molar-refractivity contribution in [2.75, 3.05) is 24.5 Å². The maximum Gasteiger partial charge on any atom is 0.573 e. The third kappa shape index (κ3) is 6.30. The molecule has 2 aliphatic rings. The van der Waals surface area contributed by atoms with Gasteiger partial charge in [0.1, 0.15) is 5.75 Å². The molecule has 0 saturated heterocycles. The van der Waals surface area contributed by atoms with Crippen LogP contribution in [0.2, 0.25) is 0 Å². The molecule has 0 unspecified atom stereocenters. The molecular formula is C25H28ClF3N2O3. The van der Waals surface area contributed by atoms with E-state index < -0.39 is 6.36 Å². The van der Waals surface area contributed by atoms with Crippen molar-refractivity contribution >= 4 is 29.8 Å². The Morgan fingerprint density at radius 1 is 1.09 bits per heavy atom. The molecule has 1 amide bonds. The van der Waals surface area contributed by atoms with Crippen molar-refractivity contribution in [3.63, 3.8) is 0 Å². The van der Waals surface area contributed by atoms with Gasteiger partial charge in [-0.2, -0.15) is 0 Å². The second kappa shape index (κ2) is 11.2. The van der Waals surface area contributed by atoms with Gasteiger partial charge in [-0.25, -0.2) is 0 Å². The Bertz CT molecular complexity index is 1040. The summed E-state index contributed by atoms with van der Waals surface area (Å²) >= 11 is 0. The number of nitrogens with zero attached hydrogens (tertiary/aromatic N) is 1. The van der Waals surface area contributed by atoms with Gasteiger partial charge in [0.15, 0.2) is 5.78 Å². The summed E-state index contributed by atoms with van der Waals surface area (Å²) in [6.45, 7) is 1.96. The van der Waals surface area contributed by atoms with Crippen molar-refractivity contribution in [2.24, 2.45) is 0 Å². The molecule has 2 aromatic rings. The van der Waals surface area contributed by atoms with E-state index in [4.69, 9.17) is 0 Å². The van der Waals surface area contributed by atoms with Crippen LogP contribution in [0.25, 0.3) is 0 Å². The summed E-state index contributed by atoms with van der Waals surface area (Å²) < 4.78 is 41.6. The largest absolute Gasteiger partial charge is 0.573 e. The molecule has 0 fully saturated rings. The fourth-order valence-corrected chi connectivity index (χ4v) is 4.60. The van der Waals surface area contributed by atoms with E-state index in [1.807, 2.05) is 17.0 Å². The number of Topliss-reactive ketones (excluding diaryl/α,β-unsaturated/α-hetero) is 1. The molecule has 9 heteroatoms. The van der Waals surface area contributed by atoms with Gasteiger partial charge in [0.25, 0.3) is 0 Å². The number of aryl methyl sites for hydroxylation is 1. The van der Waals surface area contributed by atoms with Gasteiger partial charge in [-0.15, -0.1) is 25.6 Å². The summed E-state index contributed by atoms with van der Waals surface area (Å²) in [5.41, 5.74) is 4.28. The van der Waals surface area contributed by atoms with Gasteiger partial charge in [0.05, 0.1) is 12.1 Å². The zero-order chi connectivity index (χ0) is 23.4. The topological polar surface area (TPSA) is 58.6 Å². The summed E-state index contributed by atoms with van der Waals surface area (Å²) in [6, 6.07) is 9.96. The van der Waals surface area contributed by atoms with Crippen LogP contribution < -0.4 is 15.0 Å². The summed E-state index contributed by atoms with van der Waals surface area (Å²) in [5, 5.41) is 3.22. The summed E-state index contributed by atoms with van der Waals surface area (Å²) in [4.78, 5) is 26.7. The lowest BCUT2D eigenvalue weighted by atomic mass is 9.94. The number of alkyl halides is 3. The van der Waals surface area contributed by atoms with Crippen LogP contribution in [0.3, 0.4) is 0 Å². The normalized spacial score (nSPS) is 14.6. The first-order valence-electron chi connectivity index (χ1n) is 11.4. The predicted octanol–water partition coefficient (Wildman–Crippen LogP) is 5.03. The van der Waals surface area contributed by atoms with Crippen LogP contribution in [0, 0.1) is 0 Å². The molecule has 34 heavy (non-hydrogen) atoms. The number of ether oxygens (including phenoxy) is 1. The first-order valence-corrected chi connectivity index (χ1v) is 11.4. The number of hydrogen-bond acceptors (Lipinski definition) is 4. The standard InChI is InChI=1S/C25H27F3N2O3.ClH/c26-25(27,28)33-22-9-2-1-6-17(22)10-12-29-11-4-3-8-21(31)19-14-18-7-5-13-30-23(32)16-20(15-19)24(18)30;/h1-2,6,9,14-15,29H,3-5,7-8,10-13,16H2;1H. The van der Waals surface area contributed by atoms with Crippen LogP contribution in [0.5, 0.6) is 5.75 Å². The average molecular weight is 497 g/mol. The molecule has 4 rings (SSSR count). The Balaban J connectivity index is 0.00000324. The first-order chi connectivity index (χ1) is 15.8. The van der Waals surface area contributed by atoms with Gasteiger partial charge in [0, 0.05) is 18.5 Å². The number of carbonyl (C=O) groups is 2. The smallest absolute Gasteiger partial charge is 0.406 e. The molecule has 2 aromatic carbocycles. The van der Waals surface area contributed by atoms with E-state index in [-0.39, 0.29) is 29.8 Å². The second-order valence-corrected chi connectivity index (χ2v) is 8.50. The average Bonchev–Trinajstić information content (AvgIpc) is 3.09. The molecule has 2 heterocycles. The fourth-order valence-electron chi connectivity index (χ4n) is 4.60. The van der Waals surface area contributed by atoms with Gasteiger partial charge in [-0.3, -0.25) is 9.59 Å². The third-order valence-corrected chi connectivity index (χ3v) is 6.11. The number of nitrogens with one attached hydrogen (secondary N) is 1. The van der Waals surface area contributed by atoms with Gasteiger partial charge < -0.3 is 15.0 Å². The van der Waals surface area contributed by atoms with Gasteiger partial charge in [-0.1, -0.05) is 18.2 Å². The van der Waals surface area contributed by atoms with Crippen LogP contribution >= 0.6 is 12.4 Å². The highest BCUT2D eigenvalue weighted by Gasteiger charge is 2.33. The number of rotatable bonds is 10. The molecule has 5 nitrogen and oxygen atoms in total. The zero-order valence-corrected chi connectivity index (χ0v) is 19.6. The molecule has 0 saturated carbocycles. The van der Waals surface area contributed by atoms with Crippen LogP contribution in [0.4, 0.5) is 18.9 Å². The van der Waals surface area contributed by atoms with Crippen molar-refractivity contribution in [3.8, 4) is 5.75 Å². The Morgan fingerprint density at radius 2 is 1.85 bits per heavy atom. The van der Waals surface area contributed by atoms with E-state index in [1.54, 1.807) is 12.1 Å². The van der Waals surface area contributed by atoms with Gasteiger partial charge >= 0.3 is 6.36 Å². The Morgan fingerprint density at radius 3 is 2.65 bits per heavy atom. The molecule has 1 N–H and O–H groups in total. The fraction of sp³-hybridized carbons (Fsp3) is 0.440. The molecular weight excluding hydrogens is 469 g/mol. The van der Waals surface area contributed by atoms with Crippen molar-refractivity contribution in [1.29, 1.82) is 0 Å². The highest BCUT2D eigenvalue weighted by Crippen LogP contribution is 2.37. The summed E-state index contributed by atoms with van der Waals surface area (Å²) in [5.74, 6) is 0.0357. The molecule has 0 radical (unpaired) electrons. The second-order valence-electron chi connectivity index (χ2n) is 8.50. The number of para-hydroxylation sites is 1. The van der Waals surface area contributed by atoms with Gasteiger partial charge in [-0.05, 0) is 80.1 Å². The quantitative estimate of drug-likeness (QED) is 0.370. The summed E-state index contributed by atoms with van der Waals surface area (Å²) in [7, 11) is 0. The number of ketones is 1. The van der Waals surface area contributed by atoms with Crippen molar-refractivity contribution in [3.05, 3.63) is 58.7 Å². The molecule has 2 aliphatic heterocycles. The van der Waals surface area contributed by atoms with Crippen molar-refractivity contribution in [1.82, 2.24) is 5.32 Å². The Kier molecular flexibility index (Phi) is 8.60. The van der Waals surface area contributed by atoms with Gasteiger partial charge in [0.2, 0.25) is 5.91 Å². The highest BCUT2D eigenvalue weighted by atomic mass is 35.5. The maximum absolute atomic E-state index is 12.7. The number of halogens is 4. The SMILES string of the molecule is Cl.O=C(CCCCNCCc1ccccc1OC(F)(F)F)c1cc2c3c(c1)CC(=O)N3CCC2. The lowest BCUT2D eigenvalue weighted by Gasteiger charge is -2.25. The van der Waals surface area contributed by atoms with Crippen LogP contribution in [-0.2, 0) is 24.1 Å². The molecule has 0 spiro atoms. The lowest BCUT2D eigenvalue weighted by Crippen LogP contribution is -2.31. The number of anilines is 1. The van der Waals surface area contributed by atoms with Crippen LogP contribution in [0.1, 0.15) is 52.7 Å². The minimum Gasteiger partial charge on any atom is -0.406 e. The maximum atomic E-state index is 12.7. The Hall–Kier alpha value is -2.58. The lowest BCUT2D eigenvalue weighted by molar-refractivity contribution is -0.274. The van der Waals surface area contributed by atoms with Crippen LogP contribution in [-0.4, -0.2) is 37.7 Å². The van der Waals surface area contributed by atoms with E-state index in [2.05, 4.69) is 10.1 Å². The molecule has 0 atom stereocenters. The van der Waals surface area contributed by atoms with Crippen molar-refractivity contribution in [2.45, 2.75) is 51.3 Å². The van der Waals surface area contributed by atoms with E-state index in [0.29, 0.717) is 43.5 Å². The molecule has 184 valence electrons. The van der Waals surface area contributed by atoms with E-state index in [0.717, 1.165) is 49.0 Å². The first kappa shape index (κ1) is 26.0. The van der Waals surface area contributed by atoms with E-state index in [1.165, 1.54) is 12.1 Å².